The van der Waals surface area contributed by atoms with E-state index >= 15 is 0 Å². The molecule has 0 aromatic heterocycles. The van der Waals surface area contributed by atoms with Gasteiger partial charge in [-0.3, -0.25) is 4.79 Å². The second-order valence-electron chi connectivity index (χ2n) is 4.85. The van der Waals surface area contributed by atoms with Gasteiger partial charge in [0.15, 0.2) is 0 Å². The van der Waals surface area contributed by atoms with Crippen LogP contribution in [0.4, 0.5) is 5.69 Å². The minimum absolute atomic E-state index is 0.431. The quantitative estimate of drug-likeness (QED) is 0.764. The summed E-state index contributed by atoms with van der Waals surface area (Å²) in [5.74, 6) is 0.329. The number of methoxy groups -OCH3 is 1. The molecule has 0 aliphatic carbocycles. The maximum atomic E-state index is 12.0. The second kappa shape index (κ2) is 6.34. The van der Waals surface area contributed by atoms with Crippen molar-refractivity contribution in [2.45, 2.75) is 12.5 Å². The van der Waals surface area contributed by atoms with Gasteiger partial charge in [0.2, 0.25) is 5.91 Å². The predicted molar refractivity (Wildman–Crippen MR) is 92.3 cm³/mol. The first-order valence-corrected chi connectivity index (χ1v) is 7.52. The summed E-state index contributed by atoms with van der Waals surface area (Å²) in [6, 6.07) is 15.1. The van der Waals surface area contributed by atoms with Gasteiger partial charge in [0, 0.05) is 9.26 Å². The summed E-state index contributed by atoms with van der Waals surface area (Å²) in [6.45, 7) is 1.78. The maximum Gasteiger partial charge on any atom is 0.247 e. The van der Waals surface area contributed by atoms with Gasteiger partial charge in [0.1, 0.15) is 11.3 Å². The van der Waals surface area contributed by atoms with E-state index in [1.165, 1.54) is 0 Å². The lowest BCUT2D eigenvalue weighted by atomic mass is 9.91. The number of halogens is 1. The number of carbonyl (C=O) groups excluding carboxylic acids is 1. The van der Waals surface area contributed by atoms with Crippen molar-refractivity contribution in [3.63, 3.8) is 0 Å². The van der Waals surface area contributed by atoms with Crippen molar-refractivity contribution in [2.75, 3.05) is 12.4 Å². The lowest BCUT2D eigenvalue weighted by Crippen LogP contribution is -2.45. The number of anilines is 1. The summed E-state index contributed by atoms with van der Waals surface area (Å²) in [6.07, 6.45) is 0. The number of nitrogens with one attached hydrogen (secondary N) is 1. The Bertz CT molecular complexity index is 626. The van der Waals surface area contributed by atoms with Crippen LogP contribution in [0.1, 0.15) is 12.5 Å². The van der Waals surface area contributed by atoms with Crippen LogP contribution in [0.15, 0.2) is 48.5 Å². The third kappa shape index (κ3) is 3.47. The van der Waals surface area contributed by atoms with Crippen molar-refractivity contribution in [3.05, 3.63) is 57.7 Å². The Labute approximate surface area is 137 Å². The van der Waals surface area contributed by atoms with Gasteiger partial charge in [-0.25, -0.2) is 0 Å². The van der Waals surface area contributed by atoms with Gasteiger partial charge in [0.25, 0.3) is 0 Å². The van der Waals surface area contributed by atoms with E-state index in [1.807, 2.05) is 48.5 Å². The average Bonchev–Trinajstić information content (AvgIpc) is 2.48. The Morgan fingerprint density at radius 2 is 1.71 bits per heavy atom. The summed E-state index contributed by atoms with van der Waals surface area (Å²) < 4.78 is 6.23. The van der Waals surface area contributed by atoms with E-state index in [9.17, 15) is 4.79 Å². The first-order chi connectivity index (χ1) is 9.95. The molecule has 1 unspecified atom stereocenters. The van der Waals surface area contributed by atoms with E-state index in [0.717, 1.165) is 20.6 Å². The highest BCUT2D eigenvalue weighted by Gasteiger charge is 2.33. The number of amides is 1. The van der Waals surface area contributed by atoms with Gasteiger partial charge in [-0.15, -0.1) is 0 Å². The smallest absolute Gasteiger partial charge is 0.247 e. The van der Waals surface area contributed by atoms with Crippen LogP contribution >= 0.6 is 22.6 Å². The number of benzene rings is 2. The average molecular weight is 396 g/mol. The summed E-state index contributed by atoms with van der Waals surface area (Å²) in [5, 5.41) is 3.21. The molecule has 1 amide bonds. The fraction of sp³-hybridized carbons (Fsp3) is 0.188. The minimum Gasteiger partial charge on any atom is -0.497 e. The number of hydrogen-bond acceptors (Lipinski definition) is 3. The van der Waals surface area contributed by atoms with Crippen LogP contribution in [-0.2, 0) is 10.3 Å². The van der Waals surface area contributed by atoms with Gasteiger partial charge >= 0.3 is 0 Å². The zero-order chi connectivity index (χ0) is 15.5. The van der Waals surface area contributed by atoms with Crippen LogP contribution in [0.25, 0.3) is 0 Å². The van der Waals surface area contributed by atoms with Crippen molar-refractivity contribution in [3.8, 4) is 5.75 Å². The van der Waals surface area contributed by atoms with Crippen LogP contribution in [0.5, 0.6) is 5.75 Å². The number of carbonyl (C=O) groups is 1. The monoisotopic (exact) mass is 396 g/mol. The molecular formula is C16H17IN2O2. The Hall–Kier alpha value is -1.76. The van der Waals surface area contributed by atoms with E-state index in [4.69, 9.17) is 10.5 Å². The van der Waals surface area contributed by atoms with E-state index in [2.05, 4.69) is 27.9 Å². The number of primary amides is 1. The van der Waals surface area contributed by atoms with Crippen LogP contribution in [-0.4, -0.2) is 13.0 Å². The zero-order valence-corrected chi connectivity index (χ0v) is 14.0. The Morgan fingerprint density at radius 1 is 1.14 bits per heavy atom. The molecule has 2 aromatic carbocycles. The molecule has 0 saturated heterocycles. The SMILES string of the molecule is COc1ccc(NC(C)(C(N)=O)c2ccc(I)cc2)cc1. The molecule has 0 radical (unpaired) electrons. The maximum absolute atomic E-state index is 12.0. The number of ether oxygens (including phenoxy) is 1. The van der Waals surface area contributed by atoms with Crippen LogP contribution in [0, 0.1) is 3.57 Å². The lowest BCUT2D eigenvalue weighted by molar-refractivity contribution is -0.122. The first-order valence-electron chi connectivity index (χ1n) is 6.44. The molecule has 2 aromatic rings. The first kappa shape index (κ1) is 15.6. The van der Waals surface area contributed by atoms with E-state index in [1.54, 1.807) is 14.0 Å². The highest BCUT2D eigenvalue weighted by Crippen LogP contribution is 2.27. The van der Waals surface area contributed by atoms with Crippen molar-refractivity contribution in [2.24, 2.45) is 5.73 Å². The highest BCUT2D eigenvalue weighted by molar-refractivity contribution is 14.1. The van der Waals surface area contributed by atoms with Crippen molar-refractivity contribution in [1.82, 2.24) is 0 Å². The molecule has 0 spiro atoms. The molecule has 2 rings (SSSR count). The molecule has 1 atom stereocenters. The summed E-state index contributed by atoms with van der Waals surface area (Å²) in [7, 11) is 1.61. The van der Waals surface area contributed by atoms with Crippen LogP contribution < -0.4 is 15.8 Å². The Morgan fingerprint density at radius 3 is 2.19 bits per heavy atom. The second-order valence-corrected chi connectivity index (χ2v) is 6.10. The topological polar surface area (TPSA) is 64.3 Å². The number of nitrogens with two attached hydrogens (primary N) is 1. The summed E-state index contributed by atoms with van der Waals surface area (Å²) in [4.78, 5) is 12.0. The van der Waals surface area contributed by atoms with Crippen molar-refractivity contribution in [1.29, 1.82) is 0 Å². The van der Waals surface area contributed by atoms with Gasteiger partial charge in [0.05, 0.1) is 7.11 Å². The molecule has 0 aliphatic rings. The number of rotatable bonds is 5. The standard InChI is InChI=1S/C16H17IN2O2/c1-16(15(18)20,11-3-5-12(17)6-4-11)19-13-7-9-14(21-2)10-8-13/h3-10,19H,1-2H3,(H2,18,20). The minimum atomic E-state index is -0.973. The molecule has 0 aliphatic heterocycles. The molecule has 0 fully saturated rings. The van der Waals surface area contributed by atoms with E-state index in [-0.39, 0.29) is 0 Å². The molecule has 21 heavy (non-hydrogen) atoms. The fourth-order valence-electron chi connectivity index (χ4n) is 2.02. The van der Waals surface area contributed by atoms with E-state index in [0.29, 0.717) is 0 Å². The zero-order valence-electron chi connectivity index (χ0n) is 11.9. The number of hydrogen-bond donors (Lipinski definition) is 2. The molecule has 0 heterocycles. The van der Waals surface area contributed by atoms with Gasteiger partial charge in [-0.2, -0.15) is 0 Å². The molecular weight excluding hydrogens is 379 g/mol. The van der Waals surface area contributed by atoms with Crippen molar-refractivity contribution >= 4 is 34.2 Å². The van der Waals surface area contributed by atoms with E-state index < -0.39 is 11.4 Å². The lowest BCUT2D eigenvalue weighted by Gasteiger charge is -2.29. The Kier molecular flexibility index (Phi) is 4.72. The van der Waals surface area contributed by atoms with Crippen molar-refractivity contribution < 1.29 is 9.53 Å². The van der Waals surface area contributed by atoms with Crippen LogP contribution in [0.2, 0.25) is 0 Å². The summed E-state index contributed by atoms with van der Waals surface area (Å²) >= 11 is 2.22. The molecule has 5 heteroatoms. The normalized spacial score (nSPS) is 13.3. The van der Waals surface area contributed by atoms with Gasteiger partial charge < -0.3 is 15.8 Å². The van der Waals surface area contributed by atoms with Gasteiger partial charge in [-0.05, 0) is 71.5 Å². The molecule has 3 N–H and O–H groups in total. The Balaban J connectivity index is 2.33. The third-order valence-corrected chi connectivity index (χ3v) is 4.12. The predicted octanol–water partition coefficient (Wildman–Crippen LogP) is 3.11. The molecule has 110 valence electrons. The van der Waals surface area contributed by atoms with Crippen LogP contribution in [0.3, 0.4) is 0 Å². The summed E-state index contributed by atoms with van der Waals surface area (Å²) in [5.41, 5.74) is 6.27. The van der Waals surface area contributed by atoms with Gasteiger partial charge in [-0.1, -0.05) is 12.1 Å². The molecule has 0 bridgehead atoms. The fourth-order valence-corrected chi connectivity index (χ4v) is 2.38. The third-order valence-electron chi connectivity index (χ3n) is 3.40. The molecule has 4 nitrogen and oxygen atoms in total. The molecule has 0 saturated carbocycles. The largest absolute Gasteiger partial charge is 0.497 e. The highest BCUT2D eigenvalue weighted by atomic mass is 127.